The summed E-state index contributed by atoms with van der Waals surface area (Å²) in [6.07, 6.45) is 0. The molecule has 0 aliphatic heterocycles. The zero-order valence-corrected chi connectivity index (χ0v) is 37.5. The van der Waals surface area contributed by atoms with E-state index in [1.54, 1.807) is 0 Å². The van der Waals surface area contributed by atoms with Gasteiger partial charge in [-0.05, 0) is 154 Å². The molecule has 1 aromatic heterocycles. The largest absolute Gasteiger partial charge is 0.456 e. The van der Waals surface area contributed by atoms with Gasteiger partial charge in [0.05, 0.1) is 5.41 Å². The fourth-order valence-corrected chi connectivity index (χ4v) is 12.3. The molecule has 12 aromatic carbocycles. The molecule has 1 heterocycles. The molecule has 69 heavy (non-hydrogen) atoms. The minimum atomic E-state index is -0.400. The first-order valence-electron chi connectivity index (χ1n) is 23.9. The molecule has 0 atom stereocenters. The van der Waals surface area contributed by atoms with E-state index in [2.05, 4.69) is 241 Å². The first kappa shape index (κ1) is 38.2. The van der Waals surface area contributed by atoms with E-state index in [-0.39, 0.29) is 0 Å². The van der Waals surface area contributed by atoms with Crippen LogP contribution in [0.4, 0.5) is 17.1 Å². The molecule has 0 fully saturated rings. The van der Waals surface area contributed by atoms with Crippen molar-refractivity contribution in [1.82, 2.24) is 0 Å². The second-order valence-corrected chi connectivity index (χ2v) is 18.7. The summed E-state index contributed by atoms with van der Waals surface area (Å²) in [7, 11) is 0. The van der Waals surface area contributed by atoms with Gasteiger partial charge in [-0.1, -0.05) is 194 Å². The molecule has 320 valence electrons. The van der Waals surface area contributed by atoms with Crippen molar-refractivity contribution in [2.24, 2.45) is 0 Å². The number of hydrogen-bond donors (Lipinski definition) is 0. The van der Waals surface area contributed by atoms with Crippen molar-refractivity contribution in [3.63, 3.8) is 0 Å². The molecule has 0 saturated carbocycles. The topological polar surface area (TPSA) is 16.4 Å². The van der Waals surface area contributed by atoms with Gasteiger partial charge < -0.3 is 9.32 Å². The first-order chi connectivity index (χ1) is 34.2. The summed E-state index contributed by atoms with van der Waals surface area (Å²) in [5.74, 6) is 0. The number of anilines is 3. The molecule has 0 unspecified atom stereocenters. The average Bonchev–Trinajstić information content (AvgIpc) is 4.05. The summed E-state index contributed by atoms with van der Waals surface area (Å²) in [5.41, 5.74) is 20.0. The Morgan fingerprint density at radius 2 is 0.652 bits per heavy atom. The van der Waals surface area contributed by atoms with Crippen LogP contribution in [0, 0.1) is 0 Å². The highest BCUT2D eigenvalue weighted by molar-refractivity contribution is 6.26. The lowest BCUT2D eigenvalue weighted by atomic mass is 9.70. The molecule has 2 nitrogen and oxygen atoms in total. The van der Waals surface area contributed by atoms with Crippen LogP contribution in [-0.2, 0) is 5.41 Å². The molecule has 2 aliphatic rings. The van der Waals surface area contributed by atoms with Crippen molar-refractivity contribution < 1.29 is 4.42 Å². The number of nitrogens with zero attached hydrogens (tertiary/aromatic N) is 1. The van der Waals surface area contributed by atoms with E-state index in [0.717, 1.165) is 39.0 Å². The van der Waals surface area contributed by atoms with E-state index in [4.69, 9.17) is 4.42 Å². The molecular formula is C67H41NO. The maximum absolute atomic E-state index is 6.13. The fourth-order valence-electron chi connectivity index (χ4n) is 12.3. The zero-order chi connectivity index (χ0) is 45.2. The third-order valence-corrected chi connectivity index (χ3v) is 15.3. The number of fused-ring (bicyclic) bond motifs is 19. The monoisotopic (exact) mass is 875 g/mol. The molecule has 0 N–H and O–H groups in total. The van der Waals surface area contributed by atoms with Crippen LogP contribution in [0.15, 0.2) is 253 Å². The lowest BCUT2D eigenvalue weighted by molar-refractivity contribution is 0.669. The van der Waals surface area contributed by atoms with Gasteiger partial charge in [0.2, 0.25) is 0 Å². The Labute approximate surface area is 399 Å². The van der Waals surface area contributed by atoms with E-state index in [0.29, 0.717) is 0 Å². The molecule has 0 amide bonds. The lowest BCUT2D eigenvalue weighted by Crippen LogP contribution is -2.25. The molecule has 0 saturated heterocycles. The van der Waals surface area contributed by atoms with Gasteiger partial charge in [0.15, 0.2) is 0 Å². The van der Waals surface area contributed by atoms with Crippen LogP contribution < -0.4 is 4.90 Å². The van der Waals surface area contributed by atoms with Gasteiger partial charge in [-0.3, -0.25) is 0 Å². The van der Waals surface area contributed by atoms with Crippen LogP contribution in [-0.4, -0.2) is 0 Å². The molecule has 1 spiro atoms. The van der Waals surface area contributed by atoms with Gasteiger partial charge in [0.25, 0.3) is 0 Å². The van der Waals surface area contributed by atoms with Gasteiger partial charge in [-0.2, -0.15) is 0 Å². The summed E-state index contributed by atoms with van der Waals surface area (Å²) >= 11 is 0. The molecule has 15 rings (SSSR count). The SMILES string of the molecule is c1ccc2c(c1)-c1ccccc1C21c2ccccc2-c2cc(N(c3ccc(-c4ccc(-c5ccc6oc7ccccc7c6c5)cc4)cc3)c3ccc4c5ccccc5c5ccccc5c4c3)ccc21. The highest BCUT2D eigenvalue weighted by Crippen LogP contribution is 2.63. The lowest BCUT2D eigenvalue weighted by Gasteiger charge is -2.31. The maximum Gasteiger partial charge on any atom is 0.135 e. The van der Waals surface area contributed by atoms with Gasteiger partial charge in [0.1, 0.15) is 11.2 Å². The van der Waals surface area contributed by atoms with Crippen molar-refractivity contribution >= 4 is 71.3 Å². The van der Waals surface area contributed by atoms with E-state index in [1.807, 2.05) is 12.1 Å². The van der Waals surface area contributed by atoms with Gasteiger partial charge >= 0.3 is 0 Å². The second kappa shape index (κ2) is 14.5. The van der Waals surface area contributed by atoms with Crippen molar-refractivity contribution in [2.75, 3.05) is 4.90 Å². The molecule has 13 aromatic rings. The Hall–Kier alpha value is -8.98. The normalized spacial score (nSPS) is 13.0. The van der Waals surface area contributed by atoms with E-state index in [1.165, 1.54) is 99.1 Å². The molecule has 0 radical (unpaired) electrons. The summed E-state index contributed by atoms with van der Waals surface area (Å²) in [6, 6.07) is 92.0. The minimum Gasteiger partial charge on any atom is -0.456 e. The number of hydrogen-bond acceptors (Lipinski definition) is 2. The summed E-state index contributed by atoms with van der Waals surface area (Å²) in [5, 5.41) is 9.86. The molecule has 0 bridgehead atoms. The van der Waals surface area contributed by atoms with Crippen LogP contribution in [0.1, 0.15) is 22.3 Å². The van der Waals surface area contributed by atoms with Crippen molar-refractivity contribution in [3.8, 4) is 44.5 Å². The Kier molecular flexibility index (Phi) is 8.02. The highest BCUT2D eigenvalue weighted by Gasteiger charge is 2.51. The molecule has 2 aliphatic carbocycles. The number of benzene rings is 12. The van der Waals surface area contributed by atoms with Crippen molar-refractivity contribution in [1.29, 1.82) is 0 Å². The van der Waals surface area contributed by atoms with E-state index in [9.17, 15) is 0 Å². The van der Waals surface area contributed by atoms with E-state index < -0.39 is 5.41 Å². The fraction of sp³-hybridized carbons (Fsp3) is 0.0149. The smallest absolute Gasteiger partial charge is 0.135 e. The summed E-state index contributed by atoms with van der Waals surface area (Å²) < 4.78 is 6.13. The first-order valence-corrected chi connectivity index (χ1v) is 23.9. The minimum absolute atomic E-state index is 0.400. The summed E-state index contributed by atoms with van der Waals surface area (Å²) in [6.45, 7) is 0. The Balaban J connectivity index is 0.882. The quantitative estimate of drug-likeness (QED) is 0.160. The van der Waals surface area contributed by atoms with Gasteiger partial charge in [0, 0.05) is 27.8 Å². The summed E-state index contributed by atoms with van der Waals surface area (Å²) in [4.78, 5) is 2.45. The zero-order valence-electron chi connectivity index (χ0n) is 37.5. The van der Waals surface area contributed by atoms with Crippen LogP contribution in [0.2, 0.25) is 0 Å². The van der Waals surface area contributed by atoms with Crippen molar-refractivity contribution in [2.45, 2.75) is 5.41 Å². The van der Waals surface area contributed by atoms with Crippen LogP contribution in [0.5, 0.6) is 0 Å². The van der Waals surface area contributed by atoms with Crippen molar-refractivity contribution in [3.05, 3.63) is 271 Å². The average molecular weight is 876 g/mol. The predicted octanol–water partition coefficient (Wildman–Crippen LogP) is 18.2. The third-order valence-electron chi connectivity index (χ3n) is 15.3. The van der Waals surface area contributed by atoms with Crippen LogP contribution in [0.25, 0.3) is 98.8 Å². The Bertz CT molecular complexity index is 4170. The van der Waals surface area contributed by atoms with Gasteiger partial charge in [-0.15, -0.1) is 0 Å². The Morgan fingerprint density at radius 1 is 0.246 bits per heavy atom. The van der Waals surface area contributed by atoms with E-state index >= 15 is 0 Å². The number of furan rings is 1. The third kappa shape index (κ3) is 5.43. The second-order valence-electron chi connectivity index (χ2n) is 18.7. The molecule has 2 heteroatoms. The van der Waals surface area contributed by atoms with Gasteiger partial charge in [-0.25, -0.2) is 0 Å². The molecular weight excluding hydrogens is 835 g/mol. The van der Waals surface area contributed by atoms with Crippen LogP contribution in [0.3, 0.4) is 0 Å². The standard InChI is InChI=1S/C67H41NO/c1-2-15-51-49(13-1)50-14-3-4-16-52(50)58-40-47(34-36-53(51)58)68(46-32-29-43(30-33-46)42-25-27-44(28-26-42)45-31-38-66-60(39-45)57-20-8-12-24-65(57)69-66)48-35-37-64-59(41-48)56-19-7-11-23-63(56)67(64)61-21-9-5-17-54(61)55-18-6-10-22-62(55)67/h1-41H. The highest BCUT2D eigenvalue weighted by atomic mass is 16.3. The van der Waals surface area contributed by atoms with Crippen LogP contribution >= 0.6 is 0 Å². The number of rotatable bonds is 5. The Morgan fingerprint density at radius 3 is 1.28 bits per heavy atom. The number of para-hydroxylation sites is 1. The maximum atomic E-state index is 6.13. The predicted molar refractivity (Wildman–Crippen MR) is 288 cm³/mol.